The highest BCUT2D eigenvalue weighted by Gasteiger charge is 2.40. The minimum absolute atomic E-state index is 0.260. The lowest BCUT2D eigenvalue weighted by Gasteiger charge is -2.43. The molecular weight excluding hydrogens is 566 g/mol. The van der Waals surface area contributed by atoms with Crippen molar-refractivity contribution in [2.75, 3.05) is 26.2 Å². The number of rotatable bonds is 33. The Morgan fingerprint density at radius 3 is 1.04 bits per heavy atom. The fourth-order valence-corrected chi connectivity index (χ4v) is 6.62. The second-order valence-electron chi connectivity index (χ2n) is 13.6. The van der Waals surface area contributed by atoms with E-state index in [0.29, 0.717) is 25.8 Å². The molecule has 0 radical (unpaired) electrons. The van der Waals surface area contributed by atoms with E-state index in [-0.39, 0.29) is 24.1 Å². The first kappa shape index (κ1) is 43.1. The van der Waals surface area contributed by atoms with Gasteiger partial charge in [0.15, 0.2) is 0 Å². The Balaban J connectivity index is 4.49. The number of carboxylic acid groups (broad SMARTS) is 3. The molecule has 3 atom stereocenters. The minimum atomic E-state index is -0.886. The van der Waals surface area contributed by atoms with Crippen molar-refractivity contribution in [3.05, 3.63) is 12.2 Å². The summed E-state index contributed by atoms with van der Waals surface area (Å²) >= 11 is 0. The Morgan fingerprint density at radius 1 is 0.467 bits per heavy atom. The predicted molar refractivity (Wildman–Crippen MR) is 187 cm³/mol. The van der Waals surface area contributed by atoms with E-state index in [1.165, 1.54) is 103 Å². The summed E-state index contributed by atoms with van der Waals surface area (Å²) in [6.45, 7) is 9.27. The zero-order valence-corrected chi connectivity index (χ0v) is 29.8. The number of hydrogen-bond acceptors (Lipinski definition) is 3. The van der Waals surface area contributed by atoms with Gasteiger partial charge in [0.05, 0.1) is 26.2 Å². The van der Waals surface area contributed by atoms with Crippen LogP contribution in [0.3, 0.4) is 0 Å². The van der Waals surface area contributed by atoms with Gasteiger partial charge in [-0.1, -0.05) is 123 Å². The Morgan fingerprint density at radius 2 is 0.756 bits per heavy atom. The Hall–Kier alpha value is -1.89. The van der Waals surface area contributed by atoms with E-state index in [0.717, 1.165) is 19.3 Å². The number of carboxylic acids is 3. The van der Waals surface area contributed by atoms with Gasteiger partial charge in [0.2, 0.25) is 0 Å². The summed E-state index contributed by atoms with van der Waals surface area (Å²) in [7, 11) is 0. The van der Waals surface area contributed by atoms with Crippen LogP contribution in [-0.2, 0) is 14.4 Å². The lowest BCUT2D eigenvalue weighted by Crippen LogP contribution is -2.58. The van der Waals surface area contributed by atoms with Crippen LogP contribution in [0.5, 0.6) is 0 Å². The van der Waals surface area contributed by atoms with Crippen LogP contribution in [0.2, 0.25) is 0 Å². The van der Waals surface area contributed by atoms with Crippen molar-refractivity contribution in [2.24, 2.45) is 17.8 Å². The van der Waals surface area contributed by atoms with Crippen LogP contribution in [0.15, 0.2) is 12.2 Å². The third-order valence-electron chi connectivity index (χ3n) is 9.74. The van der Waals surface area contributed by atoms with Gasteiger partial charge in [-0.15, -0.1) is 0 Å². The van der Waals surface area contributed by atoms with Crippen LogP contribution in [0.4, 0.5) is 0 Å². The zero-order valence-electron chi connectivity index (χ0n) is 29.8. The van der Waals surface area contributed by atoms with E-state index >= 15 is 0 Å². The first-order chi connectivity index (χ1) is 21.7. The fourth-order valence-electron chi connectivity index (χ4n) is 6.62. The van der Waals surface area contributed by atoms with E-state index in [4.69, 9.17) is 0 Å². The minimum Gasteiger partial charge on any atom is -0.481 e. The summed E-state index contributed by atoms with van der Waals surface area (Å²) in [4.78, 5) is 36.0. The average Bonchev–Trinajstić information content (AvgIpc) is 3.01. The molecule has 0 amide bonds. The van der Waals surface area contributed by atoms with Crippen molar-refractivity contribution < 1.29 is 34.2 Å². The molecule has 0 heterocycles. The Bertz CT molecular complexity index is 722. The van der Waals surface area contributed by atoms with E-state index in [2.05, 4.69) is 19.1 Å². The average molecular weight is 639 g/mol. The molecule has 0 aliphatic carbocycles. The largest absolute Gasteiger partial charge is 0.481 e. The summed E-state index contributed by atoms with van der Waals surface area (Å²) in [5.41, 5.74) is 0. The summed E-state index contributed by atoms with van der Waals surface area (Å²) < 4.78 is 0.260. The maximum Gasteiger partial charge on any atom is 0.312 e. The fraction of sp³-hybridized carbons (Fsp3) is 0.868. The van der Waals surface area contributed by atoms with Gasteiger partial charge in [-0.05, 0) is 57.8 Å². The number of allylic oxidation sites excluding steroid dienone is 2. The molecule has 0 saturated carbocycles. The maximum atomic E-state index is 12.0. The molecule has 0 saturated heterocycles. The Labute approximate surface area is 276 Å². The standard InChI is InChI=1S/C38H71NO6/c1-5-9-10-11-12-13-14-15-16-17-18-19-20-21-22-23-24-25-26-27-28-29-39(30-33(6-2)36(40)41,31-34(7-3)37(42)43)32-35(8-4)38(44)45/h14-15,33-35H,5-13,16-32H2,1-4H3,(H2-,40,41,42,43,44,45)/p+1/b15-14+. The Kier molecular flexibility index (Phi) is 27.2. The molecule has 0 aromatic rings. The lowest BCUT2D eigenvalue weighted by molar-refractivity contribution is -0.935. The number of nitrogens with zero attached hydrogens (tertiary/aromatic N) is 1. The lowest BCUT2D eigenvalue weighted by atomic mass is 9.95. The highest BCUT2D eigenvalue weighted by molar-refractivity contribution is 5.71. The summed E-state index contributed by atoms with van der Waals surface area (Å²) in [6, 6.07) is 0. The van der Waals surface area contributed by atoms with Crippen LogP contribution in [0, 0.1) is 17.8 Å². The van der Waals surface area contributed by atoms with Gasteiger partial charge in [0, 0.05) is 0 Å². The summed E-state index contributed by atoms with van der Waals surface area (Å²) in [5.74, 6) is -4.51. The molecule has 0 aliphatic heterocycles. The number of hydrogen-bond donors (Lipinski definition) is 3. The quantitative estimate of drug-likeness (QED) is 0.0375. The molecule has 0 aliphatic rings. The topological polar surface area (TPSA) is 112 Å². The molecule has 0 aromatic heterocycles. The highest BCUT2D eigenvalue weighted by atomic mass is 16.4. The van der Waals surface area contributed by atoms with Crippen molar-refractivity contribution in [3.8, 4) is 0 Å². The van der Waals surface area contributed by atoms with Gasteiger partial charge in [-0.3, -0.25) is 14.4 Å². The molecule has 3 N–H and O–H groups in total. The van der Waals surface area contributed by atoms with Gasteiger partial charge in [-0.25, -0.2) is 0 Å². The van der Waals surface area contributed by atoms with Crippen molar-refractivity contribution in [3.63, 3.8) is 0 Å². The van der Waals surface area contributed by atoms with Crippen molar-refractivity contribution >= 4 is 17.9 Å². The van der Waals surface area contributed by atoms with E-state index in [1.807, 2.05) is 20.8 Å². The second-order valence-corrected chi connectivity index (χ2v) is 13.6. The van der Waals surface area contributed by atoms with Crippen LogP contribution >= 0.6 is 0 Å². The molecule has 7 heteroatoms. The molecule has 0 rings (SSSR count). The molecular formula is C38H72NO6+. The van der Waals surface area contributed by atoms with E-state index in [1.54, 1.807) is 0 Å². The van der Waals surface area contributed by atoms with E-state index < -0.39 is 35.7 Å². The normalized spacial score (nSPS) is 15.1. The smallest absolute Gasteiger partial charge is 0.312 e. The van der Waals surface area contributed by atoms with Crippen molar-refractivity contribution in [1.82, 2.24) is 0 Å². The van der Waals surface area contributed by atoms with Crippen molar-refractivity contribution in [1.29, 1.82) is 0 Å². The number of carbonyl (C=O) groups is 3. The molecule has 0 fully saturated rings. The number of unbranched alkanes of at least 4 members (excludes halogenated alkanes) is 17. The second kappa shape index (κ2) is 28.3. The maximum absolute atomic E-state index is 12.0. The molecule has 45 heavy (non-hydrogen) atoms. The molecule has 3 unspecified atom stereocenters. The highest BCUT2D eigenvalue weighted by Crippen LogP contribution is 2.25. The predicted octanol–water partition coefficient (Wildman–Crippen LogP) is 10.1. The number of quaternary nitrogens is 1. The zero-order chi connectivity index (χ0) is 33.8. The number of aliphatic carboxylic acids is 3. The van der Waals surface area contributed by atoms with Crippen LogP contribution in [-0.4, -0.2) is 63.9 Å². The first-order valence-corrected chi connectivity index (χ1v) is 18.8. The molecule has 0 aromatic carbocycles. The molecule has 0 spiro atoms. The third-order valence-corrected chi connectivity index (χ3v) is 9.74. The van der Waals surface area contributed by atoms with Gasteiger partial charge >= 0.3 is 17.9 Å². The first-order valence-electron chi connectivity index (χ1n) is 18.8. The SMILES string of the molecule is CCCCCCC/C=C/CCCCCCCCCCCCCC[N+](CC(CC)C(=O)O)(CC(CC)C(=O)O)CC(CC)C(=O)O. The molecule has 7 nitrogen and oxygen atoms in total. The molecule has 0 bridgehead atoms. The van der Waals surface area contributed by atoms with Crippen LogP contribution in [0.1, 0.15) is 169 Å². The summed E-state index contributed by atoms with van der Waals surface area (Å²) in [6.07, 6.45) is 29.9. The van der Waals surface area contributed by atoms with Gasteiger partial charge < -0.3 is 19.8 Å². The summed E-state index contributed by atoms with van der Waals surface area (Å²) in [5, 5.41) is 29.5. The van der Waals surface area contributed by atoms with Crippen molar-refractivity contribution in [2.45, 2.75) is 169 Å². The van der Waals surface area contributed by atoms with E-state index in [9.17, 15) is 29.7 Å². The monoisotopic (exact) mass is 639 g/mol. The van der Waals surface area contributed by atoms with Gasteiger partial charge in [0.1, 0.15) is 17.8 Å². The van der Waals surface area contributed by atoms with Crippen LogP contribution in [0.25, 0.3) is 0 Å². The third kappa shape index (κ3) is 22.3. The van der Waals surface area contributed by atoms with Gasteiger partial charge in [-0.2, -0.15) is 0 Å². The molecule has 264 valence electrons. The van der Waals surface area contributed by atoms with Crippen LogP contribution < -0.4 is 0 Å². The van der Waals surface area contributed by atoms with Gasteiger partial charge in [0.25, 0.3) is 0 Å².